The van der Waals surface area contributed by atoms with Crippen LogP contribution in [0.2, 0.25) is 0 Å². The molecule has 0 aromatic rings. The first-order valence-electron chi connectivity index (χ1n) is 5.40. The maximum Gasteiger partial charge on any atom is 0.248 e. The Bertz CT molecular complexity index is 185. The molecule has 0 spiro atoms. The summed E-state index contributed by atoms with van der Waals surface area (Å²) in [5, 5.41) is 3.25. The van der Waals surface area contributed by atoms with Crippen LogP contribution in [0.15, 0.2) is 0 Å². The Morgan fingerprint density at radius 3 is 2.88 bits per heavy atom. The average molecular weight is 253 g/mol. The molecule has 0 bridgehead atoms. The third-order valence-electron chi connectivity index (χ3n) is 2.35. The number of carbonyl (C=O) groups is 1. The van der Waals surface area contributed by atoms with Crippen LogP contribution >= 0.6 is 12.4 Å². The molecule has 1 heterocycles. The SMILES string of the molecule is COCCOCC(=O)N1CCCNCC1.Cl. The minimum Gasteiger partial charge on any atom is -0.382 e. The summed E-state index contributed by atoms with van der Waals surface area (Å²) >= 11 is 0. The second kappa shape index (κ2) is 9.84. The fourth-order valence-electron chi connectivity index (χ4n) is 1.49. The predicted molar refractivity (Wildman–Crippen MR) is 64.0 cm³/mol. The van der Waals surface area contributed by atoms with Crippen LogP contribution in [0.4, 0.5) is 0 Å². The van der Waals surface area contributed by atoms with Gasteiger partial charge in [0.1, 0.15) is 6.61 Å². The van der Waals surface area contributed by atoms with Crippen molar-refractivity contribution in [2.45, 2.75) is 6.42 Å². The number of rotatable bonds is 5. The summed E-state index contributed by atoms with van der Waals surface area (Å²) in [7, 11) is 1.62. The van der Waals surface area contributed by atoms with Crippen LogP contribution in [-0.2, 0) is 14.3 Å². The number of hydrogen-bond acceptors (Lipinski definition) is 4. The molecule has 96 valence electrons. The second-order valence-corrected chi connectivity index (χ2v) is 3.53. The predicted octanol–water partition coefficient (Wildman–Crippen LogP) is -0.107. The van der Waals surface area contributed by atoms with Gasteiger partial charge in [0.15, 0.2) is 0 Å². The van der Waals surface area contributed by atoms with Gasteiger partial charge in [0, 0.05) is 26.7 Å². The van der Waals surface area contributed by atoms with Crippen molar-refractivity contribution in [2.24, 2.45) is 0 Å². The summed E-state index contributed by atoms with van der Waals surface area (Å²) in [5.74, 6) is 0.0785. The standard InChI is InChI=1S/C10H20N2O3.ClH/c1-14-7-8-15-9-10(13)12-5-2-3-11-4-6-12;/h11H,2-9H2,1H3;1H. The molecule has 1 aliphatic rings. The Morgan fingerprint density at radius 1 is 1.31 bits per heavy atom. The highest BCUT2D eigenvalue weighted by Gasteiger charge is 2.14. The van der Waals surface area contributed by atoms with E-state index < -0.39 is 0 Å². The minimum atomic E-state index is 0. The van der Waals surface area contributed by atoms with Crippen molar-refractivity contribution >= 4 is 18.3 Å². The highest BCUT2D eigenvalue weighted by atomic mass is 35.5. The van der Waals surface area contributed by atoms with Crippen molar-refractivity contribution in [1.29, 1.82) is 0 Å². The van der Waals surface area contributed by atoms with Gasteiger partial charge >= 0.3 is 0 Å². The summed E-state index contributed by atoms with van der Waals surface area (Å²) in [6.07, 6.45) is 1.02. The Kier molecular flexibility index (Phi) is 9.62. The van der Waals surface area contributed by atoms with Crippen LogP contribution in [0.1, 0.15) is 6.42 Å². The maximum absolute atomic E-state index is 11.6. The zero-order valence-electron chi connectivity index (χ0n) is 9.74. The quantitative estimate of drug-likeness (QED) is 0.694. The molecule has 1 amide bonds. The molecule has 0 unspecified atom stereocenters. The topological polar surface area (TPSA) is 50.8 Å². The van der Waals surface area contributed by atoms with E-state index >= 15 is 0 Å². The third-order valence-corrected chi connectivity index (χ3v) is 2.35. The molecule has 0 atom stereocenters. The normalized spacial score (nSPS) is 16.4. The molecular formula is C10H21ClN2O3. The molecule has 1 saturated heterocycles. The van der Waals surface area contributed by atoms with Gasteiger partial charge in [-0.1, -0.05) is 0 Å². The van der Waals surface area contributed by atoms with E-state index in [1.165, 1.54) is 0 Å². The number of halogens is 1. The summed E-state index contributed by atoms with van der Waals surface area (Å²) in [5.41, 5.74) is 0. The smallest absolute Gasteiger partial charge is 0.248 e. The summed E-state index contributed by atoms with van der Waals surface area (Å²) in [6.45, 7) is 4.68. The number of carbonyl (C=O) groups excluding carboxylic acids is 1. The lowest BCUT2D eigenvalue weighted by Crippen LogP contribution is -2.36. The van der Waals surface area contributed by atoms with E-state index in [2.05, 4.69) is 5.32 Å². The van der Waals surface area contributed by atoms with Crippen LogP contribution in [-0.4, -0.2) is 63.9 Å². The monoisotopic (exact) mass is 252 g/mol. The average Bonchev–Trinajstić information content (AvgIpc) is 2.52. The molecule has 0 saturated carbocycles. The molecule has 5 nitrogen and oxygen atoms in total. The van der Waals surface area contributed by atoms with Crippen LogP contribution in [0.3, 0.4) is 0 Å². The van der Waals surface area contributed by atoms with Crippen molar-refractivity contribution in [1.82, 2.24) is 10.2 Å². The number of nitrogens with zero attached hydrogens (tertiary/aromatic N) is 1. The Labute approximate surface area is 103 Å². The van der Waals surface area contributed by atoms with E-state index in [9.17, 15) is 4.79 Å². The van der Waals surface area contributed by atoms with Gasteiger partial charge in [-0.05, 0) is 13.0 Å². The first-order chi connectivity index (χ1) is 7.34. The van der Waals surface area contributed by atoms with Gasteiger partial charge < -0.3 is 19.7 Å². The van der Waals surface area contributed by atoms with Gasteiger partial charge in [-0.2, -0.15) is 0 Å². The Balaban J connectivity index is 0.00000225. The first kappa shape index (κ1) is 15.6. The number of ether oxygens (including phenoxy) is 2. The van der Waals surface area contributed by atoms with Gasteiger partial charge in [-0.25, -0.2) is 0 Å². The second-order valence-electron chi connectivity index (χ2n) is 3.53. The molecule has 1 rings (SSSR count). The Morgan fingerprint density at radius 2 is 2.12 bits per heavy atom. The van der Waals surface area contributed by atoms with Crippen molar-refractivity contribution in [3.05, 3.63) is 0 Å². The van der Waals surface area contributed by atoms with E-state index in [0.717, 1.165) is 32.6 Å². The van der Waals surface area contributed by atoms with E-state index in [1.807, 2.05) is 4.90 Å². The highest BCUT2D eigenvalue weighted by Crippen LogP contribution is 1.96. The lowest BCUT2D eigenvalue weighted by atomic mass is 10.4. The molecule has 1 aliphatic heterocycles. The molecule has 16 heavy (non-hydrogen) atoms. The molecular weight excluding hydrogens is 232 g/mol. The molecule has 0 aromatic heterocycles. The first-order valence-corrected chi connectivity index (χ1v) is 5.40. The Hall–Kier alpha value is -0.360. The lowest BCUT2D eigenvalue weighted by Gasteiger charge is -2.19. The molecule has 1 fully saturated rings. The fourth-order valence-corrected chi connectivity index (χ4v) is 1.49. The van der Waals surface area contributed by atoms with Gasteiger partial charge in [-0.15, -0.1) is 12.4 Å². The lowest BCUT2D eigenvalue weighted by molar-refractivity contribution is -0.136. The highest BCUT2D eigenvalue weighted by molar-refractivity contribution is 5.85. The van der Waals surface area contributed by atoms with Crippen molar-refractivity contribution in [3.63, 3.8) is 0 Å². The van der Waals surface area contributed by atoms with E-state index in [4.69, 9.17) is 9.47 Å². The maximum atomic E-state index is 11.6. The summed E-state index contributed by atoms with van der Waals surface area (Å²) in [4.78, 5) is 13.5. The number of nitrogens with one attached hydrogen (secondary N) is 1. The van der Waals surface area contributed by atoms with E-state index in [1.54, 1.807) is 7.11 Å². The number of amides is 1. The van der Waals surface area contributed by atoms with Crippen molar-refractivity contribution in [2.75, 3.05) is 53.1 Å². The van der Waals surface area contributed by atoms with Crippen molar-refractivity contribution in [3.8, 4) is 0 Å². The van der Waals surface area contributed by atoms with Crippen LogP contribution in [0, 0.1) is 0 Å². The van der Waals surface area contributed by atoms with E-state index in [-0.39, 0.29) is 24.9 Å². The number of hydrogen-bond donors (Lipinski definition) is 1. The van der Waals surface area contributed by atoms with Gasteiger partial charge in [0.25, 0.3) is 0 Å². The van der Waals surface area contributed by atoms with Crippen LogP contribution in [0.5, 0.6) is 0 Å². The van der Waals surface area contributed by atoms with Crippen LogP contribution in [0.25, 0.3) is 0 Å². The molecule has 0 radical (unpaired) electrons. The van der Waals surface area contributed by atoms with Crippen LogP contribution < -0.4 is 5.32 Å². The largest absolute Gasteiger partial charge is 0.382 e. The van der Waals surface area contributed by atoms with Gasteiger partial charge in [-0.3, -0.25) is 4.79 Å². The zero-order chi connectivity index (χ0) is 10.9. The van der Waals surface area contributed by atoms with E-state index in [0.29, 0.717) is 13.2 Å². The minimum absolute atomic E-state index is 0. The van der Waals surface area contributed by atoms with Gasteiger partial charge in [0.05, 0.1) is 13.2 Å². The molecule has 6 heteroatoms. The van der Waals surface area contributed by atoms with Crippen molar-refractivity contribution < 1.29 is 14.3 Å². The summed E-state index contributed by atoms with van der Waals surface area (Å²) in [6, 6.07) is 0. The molecule has 1 N–H and O–H groups in total. The fraction of sp³-hybridized carbons (Fsp3) is 0.900. The molecule has 0 aliphatic carbocycles. The zero-order valence-corrected chi connectivity index (χ0v) is 10.6. The summed E-state index contributed by atoms with van der Waals surface area (Å²) < 4.78 is 10.0. The third kappa shape index (κ3) is 6.27. The molecule has 0 aromatic carbocycles. The number of methoxy groups -OCH3 is 1. The van der Waals surface area contributed by atoms with Gasteiger partial charge in [0.2, 0.25) is 5.91 Å².